The molecule has 1 amide bonds. The van der Waals surface area contributed by atoms with Crippen molar-refractivity contribution in [3.63, 3.8) is 0 Å². The van der Waals surface area contributed by atoms with Crippen molar-refractivity contribution in [2.24, 2.45) is 0 Å². The Morgan fingerprint density at radius 1 is 1.17 bits per heavy atom. The maximum absolute atomic E-state index is 11.7. The molecular weight excluding hydrogens is 384 g/mol. The number of anilines is 1. The minimum Gasteiger partial charge on any atom is -0.494 e. The molecule has 0 radical (unpaired) electrons. The monoisotopic (exact) mass is 414 g/mol. The Morgan fingerprint density at radius 3 is 2.67 bits per heavy atom. The topological polar surface area (TPSA) is 103 Å². The second-order valence-electron chi connectivity index (χ2n) is 8.01. The summed E-state index contributed by atoms with van der Waals surface area (Å²) in [7, 11) is 0. The van der Waals surface area contributed by atoms with E-state index in [9.17, 15) is 4.79 Å². The molecule has 9 heteroatoms. The summed E-state index contributed by atoms with van der Waals surface area (Å²) in [5.74, 6) is 2.25. The third-order valence-electron chi connectivity index (χ3n) is 4.33. The van der Waals surface area contributed by atoms with Crippen LogP contribution in [0.25, 0.3) is 16.7 Å². The molecule has 0 aliphatic carbocycles. The van der Waals surface area contributed by atoms with E-state index in [0.717, 1.165) is 35.4 Å². The number of hydrogen-bond donors (Lipinski definition) is 2. The fourth-order valence-corrected chi connectivity index (χ4v) is 3.09. The maximum Gasteiger partial charge on any atom is 0.407 e. The predicted octanol–water partition coefficient (Wildman–Crippen LogP) is 3.70. The van der Waals surface area contributed by atoms with Crippen molar-refractivity contribution in [1.29, 1.82) is 0 Å². The van der Waals surface area contributed by atoms with Gasteiger partial charge in [0.25, 0.3) is 0 Å². The number of nitrogens with one attached hydrogen (secondary N) is 2. The van der Waals surface area contributed by atoms with Gasteiger partial charge in [-0.1, -0.05) is 0 Å². The van der Waals surface area contributed by atoms with E-state index in [1.807, 2.05) is 57.2 Å². The standard InChI is InChI=1S/C21H30N6O3/c1-6-29-15-9-10-17-16(13-15)24-18(19-26-25-14(2)27(17)19)22-11-7-8-12-23-20(28)30-21(3,4)5/h9-10,13H,6-8,11-12H2,1-5H3,(H,22,24)(H,23,28). The van der Waals surface area contributed by atoms with Gasteiger partial charge in [-0.25, -0.2) is 9.78 Å². The van der Waals surface area contributed by atoms with Gasteiger partial charge in [-0.2, -0.15) is 0 Å². The first kappa shape index (κ1) is 21.6. The minimum atomic E-state index is -0.489. The molecule has 3 rings (SSSR count). The quantitative estimate of drug-likeness (QED) is 0.542. The zero-order chi connectivity index (χ0) is 21.7. The number of carbonyl (C=O) groups excluding carboxylic acids is 1. The fourth-order valence-electron chi connectivity index (χ4n) is 3.09. The number of unbranched alkanes of at least 4 members (excludes halogenated alkanes) is 1. The Morgan fingerprint density at radius 2 is 1.93 bits per heavy atom. The summed E-state index contributed by atoms with van der Waals surface area (Å²) in [6.07, 6.45) is 1.28. The number of ether oxygens (including phenoxy) is 2. The molecule has 0 unspecified atom stereocenters. The zero-order valence-electron chi connectivity index (χ0n) is 18.3. The molecule has 162 valence electrons. The van der Waals surface area contributed by atoms with Gasteiger partial charge in [-0.05, 0) is 59.6 Å². The molecule has 0 bridgehead atoms. The summed E-state index contributed by atoms with van der Waals surface area (Å²) in [5, 5.41) is 14.6. The Kier molecular flexibility index (Phi) is 6.59. The lowest BCUT2D eigenvalue weighted by atomic mass is 10.2. The van der Waals surface area contributed by atoms with Gasteiger partial charge in [0.05, 0.1) is 17.6 Å². The van der Waals surface area contributed by atoms with Crippen LogP contribution in [0, 0.1) is 6.92 Å². The van der Waals surface area contributed by atoms with Gasteiger partial charge >= 0.3 is 6.09 Å². The number of alkyl carbamates (subject to hydrolysis) is 1. The van der Waals surface area contributed by atoms with E-state index >= 15 is 0 Å². The van der Waals surface area contributed by atoms with Crippen molar-refractivity contribution in [3.05, 3.63) is 24.0 Å². The summed E-state index contributed by atoms with van der Waals surface area (Å²) in [5.41, 5.74) is 1.95. The van der Waals surface area contributed by atoms with E-state index in [2.05, 4.69) is 20.8 Å². The molecule has 9 nitrogen and oxygen atoms in total. The Bertz CT molecular complexity index is 1020. The first-order chi connectivity index (χ1) is 14.3. The summed E-state index contributed by atoms with van der Waals surface area (Å²) in [6.45, 7) is 11.3. The summed E-state index contributed by atoms with van der Waals surface area (Å²) in [6, 6.07) is 5.83. The van der Waals surface area contributed by atoms with E-state index in [1.54, 1.807) is 0 Å². The van der Waals surface area contributed by atoms with E-state index in [0.29, 0.717) is 31.2 Å². The lowest BCUT2D eigenvalue weighted by Gasteiger charge is -2.19. The molecule has 2 N–H and O–H groups in total. The fraction of sp³-hybridized carbons (Fsp3) is 0.524. The van der Waals surface area contributed by atoms with Crippen LogP contribution in [0.1, 0.15) is 46.4 Å². The molecule has 0 fully saturated rings. The zero-order valence-corrected chi connectivity index (χ0v) is 18.3. The van der Waals surface area contributed by atoms with Gasteiger partial charge in [0, 0.05) is 19.2 Å². The number of amides is 1. The van der Waals surface area contributed by atoms with Crippen LogP contribution in [0.15, 0.2) is 18.2 Å². The molecular formula is C21H30N6O3. The van der Waals surface area contributed by atoms with Crippen LogP contribution >= 0.6 is 0 Å². The highest BCUT2D eigenvalue weighted by Crippen LogP contribution is 2.25. The lowest BCUT2D eigenvalue weighted by Crippen LogP contribution is -2.33. The molecule has 0 saturated heterocycles. The van der Waals surface area contributed by atoms with Gasteiger partial charge in [-0.15, -0.1) is 10.2 Å². The van der Waals surface area contributed by atoms with Crippen molar-refractivity contribution in [1.82, 2.24) is 24.9 Å². The van der Waals surface area contributed by atoms with Crippen molar-refractivity contribution in [2.45, 2.75) is 53.1 Å². The van der Waals surface area contributed by atoms with Gasteiger partial charge in [0.2, 0.25) is 5.65 Å². The van der Waals surface area contributed by atoms with Crippen LogP contribution in [0.4, 0.5) is 10.6 Å². The maximum atomic E-state index is 11.7. The second kappa shape index (κ2) is 9.15. The normalized spacial score (nSPS) is 11.6. The molecule has 0 aliphatic heterocycles. The Labute approximate surface area is 176 Å². The first-order valence-corrected chi connectivity index (χ1v) is 10.3. The molecule has 2 aromatic heterocycles. The van der Waals surface area contributed by atoms with Crippen LogP contribution in [0.5, 0.6) is 5.75 Å². The third-order valence-corrected chi connectivity index (χ3v) is 4.33. The molecule has 0 spiro atoms. The molecule has 30 heavy (non-hydrogen) atoms. The highest BCUT2D eigenvalue weighted by atomic mass is 16.6. The Balaban J connectivity index is 1.63. The van der Waals surface area contributed by atoms with Crippen LogP contribution in [0.3, 0.4) is 0 Å². The number of rotatable bonds is 8. The highest BCUT2D eigenvalue weighted by molar-refractivity contribution is 5.84. The number of benzene rings is 1. The number of aromatic nitrogens is 4. The van der Waals surface area contributed by atoms with Crippen molar-refractivity contribution < 1.29 is 14.3 Å². The summed E-state index contributed by atoms with van der Waals surface area (Å²) >= 11 is 0. The van der Waals surface area contributed by atoms with E-state index in [1.165, 1.54) is 0 Å². The molecule has 0 atom stereocenters. The van der Waals surface area contributed by atoms with Crippen LogP contribution < -0.4 is 15.4 Å². The number of aryl methyl sites for hydroxylation is 1. The van der Waals surface area contributed by atoms with Gasteiger partial charge in [-0.3, -0.25) is 4.40 Å². The highest BCUT2D eigenvalue weighted by Gasteiger charge is 2.16. The number of nitrogens with zero attached hydrogens (tertiary/aromatic N) is 4. The van der Waals surface area contributed by atoms with Crippen LogP contribution in [-0.2, 0) is 4.74 Å². The molecule has 3 aromatic rings. The number of hydrogen-bond acceptors (Lipinski definition) is 7. The van der Waals surface area contributed by atoms with Crippen LogP contribution in [-0.4, -0.2) is 51.0 Å². The van der Waals surface area contributed by atoms with Crippen molar-refractivity contribution in [2.75, 3.05) is 25.0 Å². The largest absolute Gasteiger partial charge is 0.494 e. The summed E-state index contributed by atoms with van der Waals surface area (Å²) in [4.78, 5) is 16.4. The molecule has 1 aromatic carbocycles. The van der Waals surface area contributed by atoms with E-state index < -0.39 is 11.7 Å². The molecule has 0 saturated carbocycles. The van der Waals surface area contributed by atoms with Gasteiger partial charge in [0.1, 0.15) is 17.2 Å². The average Bonchev–Trinajstić information content (AvgIpc) is 3.05. The van der Waals surface area contributed by atoms with Crippen molar-refractivity contribution in [3.8, 4) is 5.75 Å². The number of carbonyl (C=O) groups is 1. The smallest absolute Gasteiger partial charge is 0.407 e. The van der Waals surface area contributed by atoms with E-state index in [-0.39, 0.29) is 0 Å². The van der Waals surface area contributed by atoms with E-state index in [4.69, 9.17) is 14.5 Å². The number of fused-ring (bicyclic) bond motifs is 3. The lowest BCUT2D eigenvalue weighted by molar-refractivity contribution is 0.0527. The average molecular weight is 415 g/mol. The first-order valence-electron chi connectivity index (χ1n) is 10.3. The minimum absolute atomic E-state index is 0.391. The SMILES string of the molecule is CCOc1ccc2c(c1)nc(NCCCCNC(=O)OC(C)(C)C)c1nnc(C)n12. The van der Waals surface area contributed by atoms with Crippen molar-refractivity contribution >= 4 is 28.6 Å². The molecule has 0 aliphatic rings. The second-order valence-corrected chi connectivity index (χ2v) is 8.01. The third kappa shape index (κ3) is 5.28. The predicted molar refractivity (Wildman–Crippen MR) is 116 cm³/mol. The Hall–Kier alpha value is -3.10. The van der Waals surface area contributed by atoms with Gasteiger partial charge < -0.3 is 20.1 Å². The molecule has 2 heterocycles. The van der Waals surface area contributed by atoms with Gasteiger partial charge in [0.15, 0.2) is 5.82 Å². The summed E-state index contributed by atoms with van der Waals surface area (Å²) < 4.78 is 12.8. The van der Waals surface area contributed by atoms with Crippen LogP contribution in [0.2, 0.25) is 0 Å².